The smallest absolute Gasteiger partial charge is 0.124 e. The maximum Gasteiger partial charge on any atom is 0.124 e. The first-order valence-electron chi connectivity index (χ1n) is 4.42. The first kappa shape index (κ1) is 9.16. The number of aryl methyl sites for hydroxylation is 1. The van der Waals surface area contributed by atoms with Crippen molar-refractivity contribution in [1.29, 1.82) is 0 Å². The molecule has 0 bridgehead atoms. The number of nitrogens with two attached hydrogens (primary N) is 1. The minimum atomic E-state index is -0.181. The van der Waals surface area contributed by atoms with Crippen LogP contribution in [0.5, 0.6) is 0 Å². The average molecular weight is 244 g/mol. The lowest BCUT2D eigenvalue weighted by Crippen LogP contribution is -2.18. The third-order valence-corrected chi connectivity index (χ3v) is 3.17. The predicted octanol–water partition coefficient (Wildman–Crippen LogP) is 2.92. The standard InChI is InChI=1S/C10H11BrFN/c11-8-5-7(12)4-6-2-1-3-9(13)10(6)8/h4-5,9H,1-3,13H2/t9-/m0/s1. The highest BCUT2D eigenvalue weighted by molar-refractivity contribution is 9.10. The normalized spacial score (nSPS) is 21.3. The zero-order valence-electron chi connectivity index (χ0n) is 7.19. The minimum Gasteiger partial charge on any atom is -0.324 e. The second kappa shape index (κ2) is 3.39. The van der Waals surface area contributed by atoms with E-state index in [2.05, 4.69) is 15.9 Å². The van der Waals surface area contributed by atoms with Crippen LogP contribution in [0.2, 0.25) is 0 Å². The van der Waals surface area contributed by atoms with E-state index in [1.54, 1.807) is 6.07 Å². The summed E-state index contributed by atoms with van der Waals surface area (Å²) in [5.41, 5.74) is 8.10. The Morgan fingerprint density at radius 2 is 2.23 bits per heavy atom. The van der Waals surface area contributed by atoms with Crippen molar-refractivity contribution in [3.05, 3.63) is 33.5 Å². The summed E-state index contributed by atoms with van der Waals surface area (Å²) in [4.78, 5) is 0. The Morgan fingerprint density at radius 3 is 3.00 bits per heavy atom. The molecule has 0 spiro atoms. The molecule has 0 aliphatic heterocycles. The summed E-state index contributed by atoms with van der Waals surface area (Å²) < 4.78 is 13.8. The molecule has 1 nitrogen and oxygen atoms in total. The molecular formula is C10H11BrFN. The van der Waals surface area contributed by atoms with Gasteiger partial charge in [0.15, 0.2) is 0 Å². The lowest BCUT2D eigenvalue weighted by molar-refractivity contribution is 0.557. The number of hydrogen-bond acceptors (Lipinski definition) is 1. The van der Waals surface area contributed by atoms with Crippen molar-refractivity contribution in [1.82, 2.24) is 0 Å². The highest BCUT2D eigenvalue weighted by Gasteiger charge is 2.20. The van der Waals surface area contributed by atoms with Gasteiger partial charge in [0.25, 0.3) is 0 Å². The van der Waals surface area contributed by atoms with Gasteiger partial charge in [-0.25, -0.2) is 4.39 Å². The van der Waals surface area contributed by atoms with Crippen molar-refractivity contribution in [2.24, 2.45) is 5.73 Å². The Hall–Kier alpha value is -0.410. The van der Waals surface area contributed by atoms with Gasteiger partial charge in [-0.2, -0.15) is 0 Å². The Labute approximate surface area is 85.3 Å². The summed E-state index contributed by atoms with van der Waals surface area (Å²) in [5, 5.41) is 0. The van der Waals surface area contributed by atoms with Crippen molar-refractivity contribution >= 4 is 15.9 Å². The molecule has 1 atom stereocenters. The zero-order chi connectivity index (χ0) is 9.42. The fourth-order valence-corrected chi connectivity index (χ4v) is 2.68. The topological polar surface area (TPSA) is 26.0 Å². The van der Waals surface area contributed by atoms with Gasteiger partial charge in [-0.3, -0.25) is 0 Å². The van der Waals surface area contributed by atoms with E-state index in [0.29, 0.717) is 0 Å². The summed E-state index contributed by atoms with van der Waals surface area (Å²) in [5.74, 6) is -0.181. The molecule has 0 unspecified atom stereocenters. The monoisotopic (exact) mass is 243 g/mol. The summed E-state index contributed by atoms with van der Waals surface area (Å²) in [7, 11) is 0. The van der Waals surface area contributed by atoms with Crippen molar-refractivity contribution in [3.8, 4) is 0 Å². The van der Waals surface area contributed by atoms with E-state index in [0.717, 1.165) is 34.9 Å². The summed E-state index contributed by atoms with van der Waals surface area (Å²) in [6, 6.07) is 3.15. The zero-order valence-corrected chi connectivity index (χ0v) is 8.77. The number of hydrogen-bond donors (Lipinski definition) is 1. The summed E-state index contributed by atoms with van der Waals surface area (Å²) >= 11 is 3.35. The third-order valence-electron chi connectivity index (χ3n) is 2.51. The first-order valence-corrected chi connectivity index (χ1v) is 5.21. The Bertz CT molecular complexity index is 338. The Kier molecular flexibility index (Phi) is 2.39. The molecular weight excluding hydrogens is 233 g/mol. The van der Waals surface area contributed by atoms with Crippen LogP contribution in [0, 0.1) is 5.82 Å². The summed E-state index contributed by atoms with van der Waals surface area (Å²) in [6.45, 7) is 0. The van der Waals surface area contributed by atoms with Crippen LogP contribution in [0.1, 0.15) is 30.0 Å². The van der Waals surface area contributed by atoms with E-state index >= 15 is 0 Å². The van der Waals surface area contributed by atoms with E-state index in [1.807, 2.05) is 0 Å². The molecule has 0 fully saturated rings. The molecule has 2 N–H and O–H groups in total. The van der Waals surface area contributed by atoms with Gasteiger partial charge in [0, 0.05) is 10.5 Å². The van der Waals surface area contributed by atoms with Crippen LogP contribution in [-0.4, -0.2) is 0 Å². The van der Waals surface area contributed by atoms with E-state index < -0.39 is 0 Å². The maximum absolute atomic E-state index is 13.0. The van der Waals surface area contributed by atoms with Gasteiger partial charge in [0.1, 0.15) is 5.82 Å². The molecule has 3 heteroatoms. The SMILES string of the molecule is N[C@H]1CCCc2cc(F)cc(Br)c21. The molecule has 0 saturated heterocycles. The fourth-order valence-electron chi connectivity index (χ4n) is 1.92. The van der Waals surface area contributed by atoms with Crippen LogP contribution < -0.4 is 5.73 Å². The third kappa shape index (κ3) is 1.63. The molecule has 1 aromatic carbocycles. The van der Waals surface area contributed by atoms with E-state index in [1.165, 1.54) is 6.07 Å². The quantitative estimate of drug-likeness (QED) is 0.746. The van der Waals surface area contributed by atoms with Crippen LogP contribution in [0.25, 0.3) is 0 Å². The van der Waals surface area contributed by atoms with Crippen molar-refractivity contribution in [3.63, 3.8) is 0 Å². The molecule has 0 saturated carbocycles. The minimum absolute atomic E-state index is 0.0683. The highest BCUT2D eigenvalue weighted by atomic mass is 79.9. The van der Waals surface area contributed by atoms with Gasteiger partial charge in [-0.15, -0.1) is 0 Å². The molecule has 0 heterocycles. The van der Waals surface area contributed by atoms with E-state index in [9.17, 15) is 4.39 Å². The second-order valence-corrected chi connectivity index (χ2v) is 4.31. The van der Waals surface area contributed by atoms with Gasteiger partial charge in [0.05, 0.1) is 0 Å². The van der Waals surface area contributed by atoms with Crippen LogP contribution in [0.3, 0.4) is 0 Å². The molecule has 1 aliphatic carbocycles. The van der Waals surface area contributed by atoms with Gasteiger partial charge < -0.3 is 5.73 Å². The van der Waals surface area contributed by atoms with Gasteiger partial charge in [0.2, 0.25) is 0 Å². The highest BCUT2D eigenvalue weighted by Crippen LogP contribution is 2.34. The van der Waals surface area contributed by atoms with Crippen LogP contribution in [0.15, 0.2) is 16.6 Å². The van der Waals surface area contributed by atoms with Gasteiger partial charge in [-0.1, -0.05) is 15.9 Å². The second-order valence-electron chi connectivity index (χ2n) is 3.46. The van der Waals surface area contributed by atoms with E-state index in [-0.39, 0.29) is 11.9 Å². The maximum atomic E-state index is 13.0. The van der Waals surface area contributed by atoms with Gasteiger partial charge >= 0.3 is 0 Å². The summed E-state index contributed by atoms with van der Waals surface area (Å²) in [6.07, 6.45) is 3.00. The van der Waals surface area contributed by atoms with Crippen LogP contribution >= 0.6 is 15.9 Å². The number of halogens is 2. The predicted molar refractivity (Wildman–Crippen MR) is 54.0 cm³/mol. The van der Waals surface area contributed by atoms with Crippen molar-refractivity contribution < 1.29 is 4.39 Å². The molecule has 1 aromatic rings. The van der Waals surface area contributed by atoms with E-state index in [4.69, 9.17) is 5.73 Å². The van der Waals surface area contributed by atoms with Crippen LogP contribution in [0.4, 0.5) is 4.39 Å². The molecule has 0 aromatic heterocycles. The fraction of sp³-hybridized carbons (Fsp3) is 0.400. The lowest BCUT2D eigenvalue weighted by atomic mass is 9.88. The lowest BCUT2D eigenvalue weighted by Gasteiger charge is -2.23. The van der Waals surface area contributed by atoms with Crippen molar-refractivity contribution in [2.75, 3.05) is 0 Å². The Balaban J connectivity index is 2.56. The van der Waals surface area contributed by atoms with Crippen molar-refractivity contribution in [2.45, 2.75) is 25.3 Å². The van der Waals surface area contributed by atoms with Crippen LogP contribution in [-0.2, 0) is 6.42 Å². The molecule has 1 aliphatic rings. The molecule has 13 heavy (non-hydrogen) atoms. The van der Waals surface area contributed by atoms with Gasteiger partial charge in [-0.05, 0) is 42.5 Å². The molecule has 0 amide bonds. The molecule has 70 valence electrons. The largest absolute Gasteiger partial charge is 0.324 e. The Morgan fingerprint density at radius 1 is 1.46 bits per heavy atom. The number of benzene rings is 1. The molecule has 2 rings (SSSR count). The molecule has 0 radical (unpaired) electrons. The number of fused-ring (bicyclic) bond motifs is 1. The average Bonchev–Trinajstić information content (AvgIpc) is 2.02. The number of rotatable bonds is 0. The first-order chi connectivity index (χ1) is 6.18.